The molecule has 1 spiro atoms. The van der Waals surface area contributed by atoms with Crippen molar-refractivity contribution in [1.82, 2.24) is 25.1 Å². The topological polar surface area (TPSA) is 131 Å². The SMILES string of the molecule is CCCc1ccc(C(Oc2cc(N3CCC4(CC3)CN[C@H](C(=O)O)C4)nc(N)n2)C(F)(F)F)c(-n2ccc(C)n2)c1. The van der Waals surface area contributed by atoms with Crippen LogP contribution in [-0.2, 0) is 11.2 Å². The molecule has 2 aliphatic heterocycles. The van der Waals surface area contributed by atoms with Crippen molar-refractivity contribution in [2.75, 3.05) is 30.3 Å². The van der Waals surface area contributed by atoms with Gasteiger partial charge in [0.25, 0.3) is 0 Å². The Hall–Kier alpha value is -3.87. The van der Waals surface area contributed by atoms with E-state index in [1.54, 1.807) is 31.3 Å². The van der Waals surface area contributed by atoms with E-state index in [0.717, 1.165) is 12.0 Å². The minimum Gasteiger partial charge on any atom is -0.480 e. The summed E-state index contributed by atoms with van der Waals surface area (Å²) in [6.07, 6.45) is -1.96. The first-order valence-corrected chi connectivity index (χ1v) is 13.7. The van der Waals surface area contributed by atoms with Crippen LogP contribution in [0, 0.1) is 12.3 Å². The number of hydrogen-bond donors (Lipinski definition) is 3. The molecule has 4 heterocycles. The normalized spacial score (nSPS) is 19.4. The highest BCUT2D eigenvalue weighted by molar-refractivity contribution is 5.74. The number of nitrogen functional groups attached to an aromatic ring is 1. The predicted molar refractivity (Wildman–Crippen MR) is 146 cm³/mol. The van der Waals surface area contributed by atoms with Crippen molar-refractivity contribution < 1.29 is 27.8 Å². The molecule has 2 aliphatic rings. The number of aliphatic carboxylic acids is 1. The molecule has 4 N–H and O–H groups in total. The second-order valence-electron chi connectivity index (χ2n) is 11.0. The number of aromatic nitrogens is 4. The molecule has 2 saturated heterocycles. The number of anilines is 2. The molecule has 0 bridgehead atoms. The number of aryl methyl sites for hydroxylation is 2. The first-order chi connectivity index (χ1) is 19.5. The summed E-state index contributed by atoms with van der Waals surface area (Å²) in [4.78, 5) is 21.6. The van der Waals surface area contributed by atoms with Crippen LogP contribution >= 0.6 is 0 Å². The van der Waals surface area contributed by atoms with Crippen LogP contribution in [0.1, 0.15) is 55.5 Å². The van der Waals surface area contributed by atoms with E-state index < -0.39 is 24.3 Å². The van der Waals surface area contributed by atoms with Gasteiger partial charge in [0.05, 0.1) is 11.4 Å². The van der Waals surface area contributed by atoms with Crippen LogP contribution in [0.25, 0.3) is 5.69 Å². The molecule has 1 unspecified atom stereocenters. The fourth-order valence-corrected chi connectivity index (χ4v) is 5.77. The van der Waals surface area contributed by atoms with Crippen LogP contribution in [0.3, 0.4) is 0 Å². The Labute approximate surface area is 235 Å². The lowest BCUT2D eigenvalue weighted by Gasteiger charge is -2.39. The zero-order chi connectivity index (χ0) is 29.4. The molecule has 10 nitrogen and oxygen atoms in total. The molecule has 0 saturated carbocycles. The number of halogens is 3. The summed E-state index contributed by atoms with van der Waals surface area (Å²) in [7, 11) is 0. The third-order valence-electron chi connectivity index (χ3n) is 7.93. The number of carboxylic acids is 1. The third kappa shape index (κ3) is 6.24. The summed E-state index contributed by atoms with van der Waals surface area (Å²) in [5, 5.41) is 16.8. The molecule has 3 aromatic rings. The Morgan fingerprint density at radius 1 is 1.24 bits per heavy atom. The van der Waals surface area contributed by atoms with Gasteiger partial charge in [0, 0.05) is 37.5 Å². The Morgan fingerprint density at radius 3 is 2.61 bits per heavy atom. The average molecular weight is 574 g/mol. The highest BCUT2D eigenvalue weighted by Crippen LogP contribution is 2.42. The molecule has 41 heavy (non-hydrogen) atoms. The number of nitrogens with one attached hydrogen (secondary N) is 1. The number of carbonyl (C=O) groups is 1. The monoisotopic (exact) mass is 573 g/mol. The molecule has 5 rings (SSSR count). The van der Waals surface area contributed by atoms with E-state index >= 15 is 0 Å². The quantitative estimate of drug-likeness (QED) is 0.362. The molecule has 220 valence electrons. The van der Waals surface area contributed by atoms with E-state index in [4.69, 9.17) is 10.5 Å². The molecular formula is C28H34F3N7O3. The van der Waals surface area contributed by atoms with E-state index in [2.05, 4.69) is 20.4 Å². The van der Waals surface area contributed by atoms with Gasteiger partial charge >= 0.3 is 12.1 Å². The Bertz CT molecular complexity index is 1400. The summed E-state index contributed by atoms with van der Waals surface area (Å²) in [5.41, 5.74) is 7.54. The summed E-state index contributed by atoms with van der Waals surface area (Å²) >= 11 is 0. The average Bonchev–Trinajstić information content (AvgIpc) is 3.54. The molecule has 13 heteroatoms. The van der Waals surface area contributed by atoms with E-state index in [0.29, 0.717) is 56.8 Å². The van der Waals surface area contributed by atoms with Crippen molar-refractivity contribution in [3.05, 3.63) is 53.3 Å². The van der Waals surface area contributed by atoms with Crippen molar-refractivity contribution in [3.63, 3.8) is 0 Å². The number of benzene rings is 1. The van der Waals surface area contributed by atoms with Crippen LogP contribution in [0.5, 0.6) is 5.88 Å². The number of rotatable bonds is 8. The number of alkyl halides is 3. The van der Waals surface area contributed by atoms with Crippen LogP contribution in [0.4, 0.5) is 24.9 Å². The minimum absolute atomic E-state index is 0.0965. The number of hydrogen-bond acceptors (Lipinski definition) is 8. The maximum absolute atomic E-state index is 14.6. The number of nitrogens with zero attached hydrogens (tertiary/aromatic N) is 5. The molecular weight excluding hydrogens is 539 g/mol. The summed E-state index contributed by atoms with van der Waals surface area (Å²) in [6.45, 7) is 5.48. The van der Waals surface area contributed by atoms with Crippen molar-refractivity contribution >= 4 is 17.7 Å². The second-order valence-corrected chi connectivity index (χ2v) is 11.0. The Kier molecular flexibility index (Phi) is 7.82. The molecule has 0 amide bonds. The highest BCUT2D eigenvalue weighted by Gasteiger charge is 2.46. The van der Waals surface area contributed by atoms with Gasteiger partial charge in [-0.2, -0.15) is 28.2 Å². The van der Waals surface area contributed by atoms with E-state index in [1.165, 1.54) is 16.8 Å². The Morgan fingerprint density at radius 2 is 2.00 bits per heavy atom. The standard InChI is InChI=1S/C28H34F3N7O3/c1-3-4-18-5-6-19(21(13-18)38-10-7-17(2)36-38)24(28(29,30)31)41-23-14-22(34-26(32)35-23)37-11-8-27(9-12-37)15-20(25(39)40)33-16-27/h5-7,10,13-14,20,24,33H,3-4,8-9,11-12,15-16H2,1-2H3,(H,39,40)(H2,32,34,35)/t20-,24?/m0/s1. The summed E-state index contributed by atoms with van der Waals surface area (Å²) in [5.74, 6) is -0.984. The summed E-state index contributed by atoms with van der Waals surface area (Å²) < 4.78 is 50.7. The van der Waals surface area contributed by atoms with Gasteiger partial charge in [-0.1, -0.05) is 25.5 Å². The lowest BCUT2D eigenvalue weighted by Crippen LogP contribution is -2.41. The largest absolute Gasteiger partial charge is 0.480 e. The van der Waals surface area contributed by atoms with Gasteiger partial charge < -0.3 is 25.8 Å². The highest BCUT2D eigenvalue weighted by atomic mass is 19.4. The van der Waals surface area contributed by atoms with Gasteiger partial charge in [-0.15, -0.1) is 0 Å². The molecule has 2 atom stereocenters. The van der Waals surface area contributed by atoms with Gasteiger partial charge in [-0.25, -0.2) is 4.68 Å². The van der Waals surface area contributed by atoms with Gasteiger partial charge in [0.15, 0.2) is 0 Å². The first-order valence-electron chi connectivity index (χ1n) is 13.7. The number of nitrogens with two attached hydrogens (primary N) is 1. The van der Waals surface area contributed by atoms with Crippen molar-refractivity contribution in [3.8, 4) is 11.6 Å². The van der Waals surface area contributed by atoms with Gasteiger partial charge in [0.1, 0.15) is 11.9 Å². The van der Waals surface area contributed by atoms with E-state index in [1.807, 2.05) is 11.8 Å². The zero-order valence-electron chi connectivity index (χ0n) is 23.0. The van der Waals surface area contributed by atoms with Crippen LogP contribution < -0.4 is 20.7 Å². The van der Waals surface area contributed by atoms with Crippen molar-refractivity contribution in [2.45, 2.75) is 64.3 Å². The number of carboxylic acid groups (broad SMARTS) is 1. The number of ether oxygens (including phenoxy) is 1. The Balaban J connectivity index is 1.41. The minimum atomic E-state index is -4.77. The number of piperidine rings is 1. The first kappa shape index (κ1) is 28.7. The van der Waals surface area contributed by atoms with Crippen LogP contribution in [-0.4, -0.2) is 62.7 Å². The molecule has 2 aromatic heterocycles. The van der Waals surface area contributed by atoms with Crippen LogP contribution in [0.15, 0.2) is 36.5 Å². The maximum Gasteiger partial charge on any atom is 0.429 e. The maximum atomic E-state index is 14.6. The van der Waals surface area contributed by atoms with Gasteiger partial charge in [0.2, 0.25) is 17.9 Å². The smallest absolute Gasteiger partial charge is 0.429 e. The molecule has 1 aromatic carbocycles. The third-order valence-corrected chi connectivity index (χ3v) is 7.93. The van der Waals surface area contributed by atoms with Crippen molar-refractivity contribution in [1.29, 1.82) is 0 Å². The lowest BCUT2D eigenvalue weighted by atomic mass is 9.76. The van der Waals surface area contributed by atoms with Gasteiger partial charge in [-0.05, 0) is 55.7 Å². The van der Waals surface area contributed by atoms with Crippen molar-refractivity contribution in [2.24, 2.45) is 5.41 Å². The second kappa shape index (κ2) is 11.2. The summed E-state index contributed by atoms with van der Waals surface area (Å²) in [6, 6.07) is 7.36. The zero-order valence-corrected chi connectivity index (χ0v) is 23.0. The molecule has 0 radical (unpaired) electrons. The lowest BCUT2D eigenvalue weighted by molar-refractivity contribution is -0.198. The predicted octanol–water partition coefficient (Wildman–Crippen LogP) is 4.22. The van der Waals surface area contributed by atoms with Gasteiger partial charge in [-0.3, -0.25) is 4.79 Å². The van der Waals surface area contributed by atoms with E-state index in [9.17, 15) is 23.1 Å². The molecule has 0 aliphatic carbocycles. The molecule has 2 fully saturated rings. The van der Waals surface area contributed by atoms with E-state index in [-0.39, 0.29) is 28.5 Å². The fraction of sp³-hybridized carbons (Fsp3) is 0.500. The van der Waals surface area contributed by atoms with Crippen LogP contribution in [0.2, 0.25) is 0 Å². The fourth-order valence-electron chi connectivity index (χ4n) is 5.77.